The molecule has 1 aromatic carbocycles. The number of nitrogens with zero attached hydrogens (tertiary/aromatic N) is 1. The third kappa shape index (κ3) is 2.76. The van der Waals surface area contributed by atoms with E-state index >= 15 is 0 Å². The maximum absolute atomic E-state index is 13.7. The van der Waals surface area contributed by atoms with Crippen molar-refractivity contribution in [3.8, 4) is 6.07 Å². The van der Waals surface area contributed by atoms with E-state index in [9.17, 15) is 12.8 Å². The smallest absolute Gasteiger partial charge is 0.244 e. The molecule has 0 aromatic heterocycles. The van der Waals surface area contributed by atoms with Crippen LogP contribution >= 0.6 is 0 Å². The zero-order chi connectivity index (χ0) is 14.1. The van der Waals surface area contributed by atoms with Gasteiger partial charge in [-0.05, 0) is 37.6 Å². The zero-order valence-electron chi connectivity index (χ0n) is 10.4. The monoisotopic (exact) mass is 283 g/mol. The number of hydrogen-bond acceptors (Lipinski definition) is 4. The van der Waals surface area contributed by atoms with Crippen LogP contribution in [-0.2, 0) is 10.0 Å². The number of benzene rings is 1. The lowest BCUT2D eigenvalue weighted by molar-refractivity contribution is 0.499. The van der Waals surface area contributed by atoms with Crippen molar-refractivity contribution in [1.29, 1.82) is 5.26 Å². The van der Waals surface area contributed by atoms with Crippen LogP contribution in [0.5, 0.6) is 0 Å². The first-order chi connectivity index (χ1) is 8.88. The van der Waals surface area contributed by atoms with E-state index in [1.165, 1.54) is 12.1 Å². The molecule has 1 saturated heterocycles. The van der Waals surface area contributed by atoms with Crippen molar-refractivity contribution in [2.75, 3.05) is 13.1 Å². The lowest BCUT2D eigenvalue weighted by Gasteiger charge is -2.21. The van der Waals surface area contributed by atoms with Crippen LogP contribution in [0.2, 0.25) is 0 Å². The van der Waals surface area contributed by atoms with Gasteiger partial charge in [-0.3, -0.25) is 0 Å². The Morgan fingerprint density at radius 1 is 1.53 bits per heavy atom. The van der Waals surface area contributed by atoms with Gasteiger partial charge in [-0.25, -0.2) is 12.8 Å². The molecule has 2 N–H and O–H groups in total. The minimum Gasteiger partial charge on any atom is -0.314 e. The fourth-order valence-corrected chi connectivity index (χ4v) is 3.54. The number of nitrogens with one attached hydrogen (secondary N) is 2. The lowest BCUT2D eigenvalue weighted by Crippen LogP contribution is -2.48. The van der Waals surface area contributed by atoms with Gasteiger partial charge in [-0.1, -0.05) is 6.07 Å². The molecule has 0 radical (unpaired) electrons. The molecule has 0 amide bonds. The van der Waals surface area contributed by atoms with Gasteiger partial charge < -0.3 is 5.32 Å². The second-order valence-electron chi connectivity index (χ2n) is 4.66. The van der Waals surface area contributed by atoms with Gasteiger partial charge >= 0.3 is 0 Å². The van der Waals surface area contributed by atoms with Gasteiger partial charge in [0.2, 0.25) is 10.0 Å². The Labute approximate surface area is 111 Å². The molecule has 1 fully saturated rings. The molecule has 7 heteroatoms. The van der Waals surface area contributed by atoms with Gasteiger partial charge in [-0.2, -0.15) is 9.98 Å². The Kier molecular flexibility index (Phi) is 3.58. The van der Waals surface area contributed by atoms with Crippen molar-refractivity contribution in [2.24, 2.45) is 0 Å². The van der Waals surface area contributed by atoms with Crippen molar-refractivity contribution < 1.29 is 12.8 Å². The predicted molar refractivity (Wildman–Crippen MR) is 67.3 cm³/mol. The number of halogens is 1. The third-order valence-electron chi connectivity index (χ3n) is 3.08. The van der Waals surface area contributed by atoms with Gasteiger partial charge in [0.1, 0.15) is 16.3 Å². The largest absolute Gasteiger partial charge is 0.314 e. The summed E-state index contributed by atoms with van der Waals surface area (Å²) in [5.41, 5.74) is -0.563. The maximum atomic E-state index is 13.7. The second-order valence-corrected chi connectivity index (χ2v) is 6.31. The Morgan fingerprint density at radius 3 is 2.84 bits per heavy atom. The van der Waals surface area contributed by atoms with E-state index in [2.05, 4.69) is 10.0 Å². The average molecular weight is 283 g/mol. The van der Waals surface area contributed by atoms with Crippen LogP contribution in [0.15, 0.2) is 23.1 Å². The summed E-state index contributed by atoms with van der Waals surface area (Å²) in [7, 11) is -4.05. The van der Waals surface area contributed by atoms with Crippen LogP contribution in [0.1, 0.15) is 12.0 Å². The summed E-state index contributed by atoms with van der Waals surface area (Å²) in [6.45, 7) is 2.44. The first-order valence-electron chi connectivity index (χ1n) is 5.81. The van der Waals surface area contributed by atoms with E-state index in [0.29, 0.717) is 18.5 Å². The molecule has 0 aliphatic carbocycles. The molecule has 0 spiro atoms. The highest BCUT2D eigenvalue weighted by Crippen LogP contribution is 2.21. The number of aryl methyl sites for hydroxylation is 1. The average Bonchev–Trinajstić information content (AvgIpc) is 2.80. The Morgan fingerprint density at radius 2 is 2.26 bits per heavy atom. The van der Waals surface area contributed by atoms with E-state index in [4.69, 9.17) is 5.26 Å². The first-order valence-corrected chi connectivity index (χ1v) is 7.29. The second kappa shape index (κ2) is 4.89. The maximum Gasteiger partial charge on any atom is 0.244 e. The van der Waals surface area contributed by atoms with Crippen molar-refractivity contribution in [3.63, 3.8) is 0 Å². The fraction of sp³-hybridized carbons (Fsp3) is 0.417. The molecular weight excluding hydrogens is 269 g/mol. The van der Waals surface area contributed by atoms with Crippen molar-refractivity contribution >= 4 is 10.0 Å². The molecule has 2 rings (SSSR count). The summed E-state index contributed by atoms with van der Waals surface area (Å²) in [4.78, 5) is -0.422. The summed E-state index contributed by atoms with van der Waals surface area (Å²) in [5, 5.41) is 12.1. The quantitative estimate of drug-likeness (QED) is 0.854. The third-order valence-corrected chi connectivity index (χ3v) is 4.63. The number of sulfonamides is 1. The predicted octanol–water partition coefficient (Wildman–Crippen LogP) is 0.668. The molecule has 5 nitrogen and oxygen atoms in total. The highest BCUT2D eigenvalue weighted by Gasteiger charge is 2.39. The summed E-state index contributed by atoms with van der Waals surface area (Å²) in [5.74, 6) is -0.822. The SMILES string of the molecule is Cc1ccc(F)c(S(=O)(=O)N[C@]2(C#N)CCNC2)c1. The summed E-state index contributed by atoms with van der Waals surface area (Å²) >= 11 is 0. The standard InChI is InChI=1S/C12H14FN3O2S/c1-9-2-3-10(13)11(6-9)19(17,18)16-12(7-14)4-5-15-8-12/h2-3,6,15-16H,4-5,8H2,1H3/t12-/m0/s1. The molecular formula is C12H14FN3O2S. The Hall–Kier alpha value is -1.49. The molecule has 0 saturated carbocycles. The van der Waals surface area contributed by atoms with E-state index in [1.807, 2.05) is 6.07 Å². The van der Waals surface area contributed by atoms with Crippen LogP contribution in [0, 0.1) is 24.1 Å². The minimum atomic E-state index is -4.05. The topological polar surface area (TPSA) is 82.0 Å². The highest BCUT2D eigenvalue weighted by atomic mass is 32.2. The normalized spacial score (nSPS) is 23.2. The van der Waals surface area contributed by atoms with E-state index in [0.717, 1.165) is 6.07 Å². The van der Waals surface area contributed by atoms with Crippen LogP contribution in [0.4, 0.5) is 4.39 Å². The molecule has 1 atom stereocenters. The first kappa shape index (κ1) is 13.9. The van der Waals surface area contributed by atoms with E-state index in [-0.39, 0.29) is 6.54 Å². The molecule has 0 unspecified atom stereocenters. The number of hydrogen-bond donors (Lipinski definition) is 2. The molecule has 0 bridgehead atoms. The van der Waals surface area contributed by atoms with Crippen molar-refractivity contribution in [1.82, 2.24) is 10.0 Å². The van der Waals surface area contributed by atoms with Gasteiger partial charge in [0.05, 0.1) is 6.07 Å². The van der Waals surface area contributed by atoms with Crippen molar-refractivity contribution in [3.05, 3.63) is 29.6 Å². The highest BCUT2D eigenvalue weighted by molar-refractivity contribution is 7.89. The Balaban J connectivity index is 2.38. The number of nitriles is 1. The zero-order valence-corrected chi connectivity index (χ0v) is 11.2. The minimum absolute atomic E-state index is 0.218. The summed E-state index contributed by atoms with van der Waals surface area (Å²) in [6, 6.07) is 5.82. The van der Waals surface area contributed by atoms with Gasteiger partial charge in [0, 0.05) is 6.54 Å². The summed E-state index contributed by atoms with van der Waals surface area (Å²) in [6.07, 6.45) is 0.357. The fourth-order valence-electron chi connectivity index (χ4n) is 2.03. The van der Waals surface area contributed by atoms with Gasteiger partial charge in [0.15, 0.2) is 0 Å². The number of rotatable bonds is 3. The van der Waals surface area contributed by atoms with Gasteiger partial charge in [-0.15, -0.1) is 0 Å². The summed E-state index contributed by atoms with van der Waals surface area (Å²) < 4.78 is 40.4. The van der Waals surface area contributed by atoms with Gasteiger partial charge in [0.25, 0.3) is 0 Å². The molecule has 1 aliphatic rings. The molecule has 1 heterocycles. The molecule has 19 heavy (non-hydrogen) atoms. The van der Waals surface area contributed by atoms with Crippen LogP contribution < -0.4 is 10.0 Å². The van der Waals surface area contributed by atoms with E-state index < -0.39 is 26.3 Å². The lowest BCUT2D eigenvalue weighted by atomic mass is 10.0. The molecule has 102 valence electrons. The molecule has 1 aromatic rings. The van der Waals surface area contributed by atoms with E-state index in [1.54, 1.807) is 6.92 Å². The molecule has 1 aliphatic heterocycles. The van der Waals surface area contributed by atoms with Crippen LogP contribution in [-0.4, -0.2) is 27.0 Å². The van der Waals surface area contributed by atoms with Crippen LogP contribution in [0.25, 0.3) is 0 Å². The van der Waals surface area contributed by atoms with Crippen molar-refractivity contribution in [2.45, 2.75) is 23.8 Å². The van der Waals surface area contributed by atoms with Crippen LogP contribution in [0.3, 0.4) is 0 Å². The Bertz CT molecular complexity index is 631.